The van der Waals surface area contributed by atoms with Crippen LogP contribution in [0.15, 0.2) is 21.6 Å². The number of hydrogen-bond acceptors (Lipinski definition) is 7. The second-order valence-electron chi connectivity index (χ2n) is 4.76. The third kappa shape index (κ3) is 1.77. The van der Waals surface area contributed by atoms with E-state index in [1.54, 1.807) is 6.92 Å². The molecule has 0 aromatic carbocycles. The highest BCUT2D eigenvalue weighted by molar-refractivity contribution is 5.77. The van der Waals surface area contributed by atoms with Gasteiger partial charge in [0.15, 0.2) is 11.8 Å². The first-order valence-corrected chi connectivity index (χ1v) is 6.14. The van der Waals surface area contributed by atoms with Crippen molar-refractivity contribution in [3.63, 3.8) is 0 Å². The molecular formula is C12H14N2O6. The highest BCUT2D eigenvalue weighted by atomic mass is 16.6. The molecular weight excluding hydrogens is 268 g/mol. The van der Waals surface area contributed by atoms with Crippen molar-refractivity contribution in [1.82, 2.24) is 9.72 Å². The number of nitrogens with zero attached hydrogens (tertiary/aromatic N) is 2. The van der Waals surface area contributed by atoms with Crippen LogP contribution in [0.4, 0.5) is 0 Å². The third-order valence-corrected chi connectivity index (χ3v) is 3.52. The summed E-state index contributed by atoms with van der Waals surface area (Å²) in [6.07, 6.45) is -3.15. The van der Waals surface area contributed by atoms with E-state index in [0.29, 0.717) is 16.7 Å². The quantitative estimate of drug-likeness (QED) is 0.640. The van der Waals surface area contributed by atoms with E-state index in [4.69, 9.17) is 14.4 Å². The number of hydrogen-bond donors (Lipinski definition) is 3. The lowest BCUT2D eigenvalue weighted by Crippen LogP contribution is -2.35. The summed E-state index contributed by atoms with van der Waals surface area (Å²) in [5, 5.41) is 32.7. The first kappa shape index (κ1) is 13.3. The molecule has 2 aromatic heterocycles. The van der Waals surface area contributed by atoms with Gasteiger partial charge in [-0.25, -0.2) is 0 Å². The van der Waals surface area contributed by atoms with Gasteiger partial charge in [0, 0.05) is 12.3 Å². The Labute approximate surface area is 112 Å². The van der Waals surface area contributed by atoms with Crippen LogP contribution in [0, 0.1) is 6.92 Å². The number of aromatic nitrogens is 2. The van der Waals surface area contributed by atoms with Gasteiger partial charge < -0.3 is 24.6 Å². The maximum absolute atomic E-state index is 12.4. The van der Waals surface area contributed by atoms with Gasteiger partial charge in [0.25, 0.3) is 5.56 Å². The van der Waals surface area contributed by atoms with E-state index in [1.807, 2.05) is 0 Å². The molecule has 8 nitrogen and oxygen atoms in total. The van der Waals surface area contributed by atoms with E-state index < -0.39 is 36.7 Å². The third-order valence-electron chi connectivity index (χ3n) is 3.52. The fraction of sp³-hybridized carbons (Fsp3) is 0.500. The first-order valence-electron chi connectivity index (χ1n) is 6.14. The van der Waals surface area contributed by atoms with Gasteiger partial charge in [-0.1, -0.05) is 5.16 Å². The van der Waals surface area contributed by atoms with Crippen LogP contribution < -0.4 is 5.56 Å². The van der Waals surface area contributed by atoms with E-state index in [9.17, 15) is 15.0 Å². The Morgan fingerprint density at radius 1 is 1.40 bits per heavy atom. The van der Waals surface area contributed by atoms with E-state index >= 15 is 0 Å². The molecule has 2 aromatic rings. The van der Waals surface area contributed by atoms with Gasteiger partial charge in [-0.05, 0) is 6.92 Å². The lowest BCUT2D eigenvalue weighted by atomic mass is 10.1. The summed E-state index contributed by atoms with van der Waals surface area (Å²) in [6.45, 7) is 1.19. The number of aliphatic hydroxyl groups is 3. The van der Waals surface area contributed by atoms with Crippen molar-refractivity contribution in [2.24, 2.45) is 0 Å². The largest absolute Gasteiger partial charge is 0.394 e. The summed E-state index contributed by atoms with van der Waals surface area (Å²) in [7, 11) is 0. The molecule has 0 aliphatic carbocycles. The highest BCUT2D eigenvalue weighted by Gasteiger charge is 2.43. The number of aliphatic hydroxyl groups excluding tert-OH is 3. The van der Waals surface area contributed by atoms with Gasteiger partial charge in [0.2, 0.25) is 0 Å². The molecule has 8 heteroatoms. The molecule has 0 unspecified atom stereocenters. The van der Waals surface area contributed by atoms with Crippen molar-refractivity contribution in [3.8, 4) is 0 Å². The second-order valence-corrected chi connectivity index (χ2v) is 4.76. The van der Waals surface area contributed by atoms with Crippen LogP contribution in [-0.2, 0) is 4.74 Å². The van der Waals surface area contributed by atoms with Gasteiger partial charge >= 0.3 is 0 Å². The van der Waals surface area contributed by atoms with Crippen LogP contribution >= 0.6 is 0 Å². The monoisotopic (exact) mass is 282 g/mol. The van der Waals surface area contributed by atoms with Crippen molar-refractivity contribution in [2.75, 3.05) is 6.61 Å². The molecule has 108 valence electrons. The molecule has 0 bridgehead atoms. The van der Waals surface area contributed by atoms with Crippen LogP contribution in [0.1, 0.15) is 11.9 Å². The fourth-order valence-corrected chi connectivity index (χ4v) is 2.42. The molecule has 3 rings (SSSR count). The molecule has 1 fully saturated rings. The molecule has 1 aliphatic heterocycles. The number of rotatable bonds is 2. The molecule has 0 radical (unpaired) electrons. The Hall–Kier alpha value is -1.74. The fourth-order valence-electron chi connectivity index (χ4n) is 2.42. The smallest absolute Gasteiger partial charge is 0.265 e. The number of fused-ring (bicyclic) bond motifs is 1. The van der Waals surface area contributed by atoms with E-state index in [-0.39, 0.29) is 0 Å². The predicted molar refractivity (Wildman–Crippen MR) is 66.0 cm³/mol. The highest BCUT2D eigenvalue weighted by Crippen LogP contribution is 2.28. The first-order chi connectivity index (χ1) is 9.54. The summed E-state index contributed by atoms with van der Waals surface area (Å²) in [5.41, 5.74) is 0.345. The number of aryl methyl sites for hydroxylation is 1. The van der Waals surface area contributed by atoms with Gasteiger partial charge in [-0.15, -0.1) is 0 Å². The number of ether oxygens (including phenoxy) is 1. The van der Waals surface area contributed by atoms with E-state index in [1.165, 1.54) is 12.3 Å². The Bertz CT molecular complexity index is 693. The van der Waals surface area contributed by atoms with Crippen molar-refractivity contribution in [3.05, 3.63) is 28.3 Å². The molecule has 3 N–H and O–H groups in total. The van der Waals surface area contributed by atoms with Crippen molar-refractivity contribution in [1.29, 1.82) is 0 Å². The van der Waals surface area contributed by atoms with Crippen molar-refractivity contribution >= 4 is 11.0 Å². The minimum atomic E-state index is -1.30. The Balaban J connectivity index is 2.09. The van der Waals surface area contributed by atoms with Crippen molar-refractivity contribution in [2.45, 2.75) is 31.5 Å². The lowest BCUT2D eigenvalue weighted by Gasteiger charge is -2.17. The average molecular weight is 282 g/mol. The van der Waals surface area contributed by atoms with Crippen molar-refractivity contribution < 1.29 is 24.6 Å². The molecule has 0 saturated carbocycles. The molecule has 4 atom stereocenters. The minimum absolute atomic E-state index is 0.297. The Morgan fingerprint density at radius 3 is 2.80 bits per heavy atom. The van der Waals surface area contributed by atoms with Gasteiger partial charge in [0.1, 0.15) is 23.7 Å². The van der Waals surface area contributed by atoms with Crippen LogP contribution in [0.25, 0.3) is 11.0 Å². The lowest BCUT2D eigenvalue weighted by molar-refractivity contribution is -0.0541. The van der Waals surface area contributed by atoms with Crippen LogP contribution in [-0.4, -0.2) is 50.0 Å². The summed E-state index contributed by atoms with van der Waals surface area (Å²) < 4.78 is 11.5. The molecule has 20 heavy (non-hydrogen) atoms. The maximum Gasteiger partial charge on any atom is 0.265 e. The van der Waals surface area contributed by atoms with Gasteiger partial charge in [-0.3, -0.25) is 9.36 Å². The molecule has 1 saturated heterocycles. The topological polar surface area (TPSA) is 118 Å². The predicted octanol–water partition coefficient (Wildman–Crippen LogP) is -1.09. The summed E-state index contributed by atoms with van der Waals surface area (Å²) in [6, 6.07) is 1.53. The standard InChI is InChI=1S/C12H14N2O6/c1-5-8-6(20-13-5)2-3-14(11(8)18)12-10(17)9(16)7(4-15)19-12/h2-3,7,9-10,12,15-17H,4H2,1H3/t7-,9-,10-,12-/m1/s1. The van der Waals surface area contributed by atoms with E-state index in [0.717, 1.165) is 4.57 Å². The zero-order valence-electron chi connectivity index (χ0n) is 10.6. The normalized spacial score (nSPS) is 30.2. The Morgan fingerprint density at radius 2 is 2.15 bits per heavy atom. The van der Waals surface area contributed by atoms with Gasteiger partial charge in [-0.2, -0.15) is 0 Å². The molecule has 3 heterocycles. The second kappa shape index (κ2) is 4.67. The average Bonchev–Trinajstić information content (AvgIpc) is 2.94. The number of pyridine rings is 1. The van der Waals surface area contributed by atoms with Crippen LogP contribution in [0.5, 0.6) is 0 Å². The molecule has 0 amide bonds. The van der Waals surface area contributed by atoms with Crippen LogP contribution in [0.2, 0.25) is 0 Å². The SMILES string of the molecule is Cc1noc2ccn([C@@H]3O[C@H](CO)[C@@H](O)[C@H]3O)c(=O)c12. The van der Waals surface area contributed by atoms with Gasteiger partial charge in [0.05, 0.1) is 12.3 Å². The van der Waals surface area contributed by atoms with Crippen LogP contribution in [0.3, 0.4) is 0 Å². The minimum Gasteiger partial charge on any atom is -0.394 e. The zero-order chi connectivity index (χ0) is 14.4. The zero-order valence-corrected chi connectivity index (χ0v) is 10.6. The summed E-state index contributed by atoms with van der Waals surface area (Å²) in [5.74, 6) is 0. The summed E-state index contributed by atoms with van der Waals surface area (Å²) in [4.78, 5) is 12.4. The maximum atomic E-state index is 12.4. The molecule has 1 aliphatic rings. The Kier molecular flexibility index (Phi) is 3.09. The summed E-state index contributed by atoms with van der Waals surface area (Å²) >= 11 is 0. The molecule has 0 spiro atoms. The van der Waals surface area contributed by atoms with E-state index in [2.05, 4.69) is 5.16 Å².